The Bertz CT molecular complexity index is 1400. The first-order valence-electron chi connectivity index (χ1n) is 12.5. The summed E-state index contributed by atoms with van der Waals surface area (Å²) in [5, 5.41) is 12.1. The van der Waals surface area contributed by atoms with Crippen LogP contribution >= 0.6 is 0 Å². The van der Waals surface area contributed by atoms with Gasteiger partial charge in [-0.3, -0.25) is 24.6 Å². The van der Waals surface area contributed by atoms with Gasteiger partial charge in [-0.1, -0.05) is 0 Å². The average molecular weight is 518 g/mol. The zero-order valence-corrected chi connectivity index (χ0v) is 21.5. The Morgan fingerprint density at radius 2 is 1.76 bits per heavy atom. The van der Waals surface area contributed by atoms with Crippen LogP contribution in [0.1, 0.15) is 0 Å². The Morgan fingerprint density at radius 3 is 2.47 bits per heavy atom. The van der Waals surface area contributed by atoms with Crippen molar-refractivity contribution >= 4 is 22.8 Å². The molecular formula is C27H31N7O4. The highest BCUT2D eigenvalue weighted by Crippen LogP contribution is 2.38. The Labute approximate surface area is 220 Å². The molecule has 5 heterocycles. The van der Waals surface area contributed by atoms with E-state index in [2.05, 4.69) is 35.1 Å². The monoisotopic (exact) mass is 517 g/mol. The largest absolute Gasteiger partial charge is 0.495 e. The maximum atomic E-state index is 12.8. The summed E-state index contributed by atoms with van der Waals surface area (Å²) >= 11 is 0. The molecular weight excluding hydrogens is 486 g/mol. The molecule has 0 bridgehead atoms. The summed E-state index contributed by atoms with van der Waals surface area (Å²) < 4.78 is 10.6. The lowest BCUT2D eigenvalue weighted by Gasteiger charge is -2.33. The summed E-state index contributed by atoms with van der Waals surface area (Å²) in [4.78, 5) is 34.2. The molecule has 11 heteroatoms. The van der Waals surface area contributed by atoms with Crippen LogP contribution in [0.3, 0.4) is 0 Å². The van der Waals surface area contributed by atoms with Crippen LogP contribution in [-0.2, 0) is 4.79 Å². The van der Waals surface area contributed by atoms with E-state index in [1.165, 1.54) is 0 Å². The number of nitrogens with zero attached hydrogens (tertiary/aromatic N) is 5. The Hall–Kier alpha value is -4.06. The van der Waals surface area contributed by atoms with E-state index in [0.29, 0.717) is 23.9 Å². The van der Waals surface area contributed by atoms with Crippen molar-refractivity contribution in [2.24, 2.45) is 0 Å². The van der Waals surface area contributed by atoms with Gasteiger partial charge in [-0.25, -0.2) is 4.98 Å². The van der Waals surface area contributed by atoms with Crippen molar-refractivity contribution in [3.05, 3.63) is 48.9 Å². The summed E-state index contributed by atoms with van der Waals surface area (Å²) in [5.74, 6) is 1.64. The molecule has 0 spiro atoms. The summed E-state index contributed by atoms with van der Waals surface area (Å²) in [6.07, 6.45) is 5.02. The fraction of sp³-hybridized carbons (Fsp3) is 0.333. The summed E-state index contributed by atoms with van der Waals surface area (Å²) in [6, 6.07) is 9.36. The van der Waals surface area contributed by atoms with Gasteiger partial charge in [-0.15, -0.1) is 0 Å². The minimum atomic E-state index is -0.120. The van der Waals surface area contributed by atoms with E-state index in [-0.39, 0.29) is 19.1 Å². The number of nitrogens with one attached hydrogen (secondary N) is 2. The number of amides is 1. The second-order valence-electron chi connectivity index (χ2n) is 9.05. The van der Waals surface area contributed by atoms with Crippen molar-refractivity contribution in [2.45, 2.75) is 0 Å². The number of methoxy groups -OCH3 is 2. The van der Waals surface area contributed by atoms with E-state index < -0.39 is 0 Å². The summed E-state index contributed by atoms with van der Waals surface area (Å²) in [7, 11) is 3.21. The smallest absolute Gasteiger partial charge is 0.239 e. The van der Waals surface area contributed by atoms with Gasteiger partial charge in [-0.05, 0) is 24.3 Å². The number of anilines is 1. The zero-order chi connectivity index (χ0) is 26.5. The Morgan fingerprint density at radius 1 is 1.00 bits per heavy atom. The van der Waals surface area contributed by atoms with Gasteiger partial charge in [0, 0.05) is 50.6 Å². The number of aliphatic hydroxyl groups is 1. The first-order valence-corrected chi connectivity index (χ1v) is 12.5. The van der Waals surface area contributed by atoms with Crippen LogP contribution < -0.4 is 14.8 Å². The molecule has 1 saturated heterocycles. The third kappa shape index (κ3) is 5.59. The van der Waals surface area contributed by atoms with Crippen LogP contribution in [0.25, 0.3) is 33.5 Å². The number of aromatic amines is 1. The van der Waals surface area contributed by atoms with Crippen molar-refractivity contribution < 1.29 is 19.4 Å². The summed E-state index contributed by atoms with van der Waals surface area (Å²) in [6.45, 7) is 4.34. The van der Waals surface area contributed by atoms with Crippen LogP contribution in [0.2, 0.25) is 0 Å². The van der Waals surface area contributed by atoms with Crippen LogP contribution in [0.4, 0.5) is 5.82 Å². The van der Waals surface area contributed by atoms with Gasteiger partial charge in [-0.2, -0.15) is 0 Å². The summed E-state index contributed by atoms with van der Waals surface area (Å²) in [5.41, 5.74) is 4.74. The number of H-pyrrole nitrogens is 1. The second-order valence-corrected chi connectivity index (χ2v) is 9.05. The lowest BCUT2D eigenvalue weighted by atomic mass is 10.0. The zero-order valence-electron chi connectivity index (χ0n) is 21.5. The molecule has 0 radical (unpaired) electrons. The molecule has 1 amide bonds. The van der Waals surface area contributed by atoms with Crippen LogP contribution in [0.5, 0.6) is 11.5 Å². The molecule has 3 N–H and O–H groups in total. The topological polar surface area (TPSA) is 129 Å². The molecule has 0 aliphatic carbocycles. The minimum absolute atomic E-state index is 0.120. The fourth-order valence-electron chi connectivity index (χ4n) is 4.63. The number of β-amino-alcohol motifs (C(OH)–C–C–N with tert-alkyl or cyclic N) is 1. The molecule has 198 valence electrons. The standard InChI is InChI=1S/C27H31N7O4/c1-37-19-3-4-21(29-15-19)25-26(31-22-14-20(38-2)16-30-27(22)25)18-5-6-28-23(13-18)32-24(36)17-34-9-7-33(8-10-34)11-12-35/h3-6,13-16,31,35H,7-12,17H2,1-2H3,(H,28,32,36). The van der Waals surface area contributed by atoms with E-state index in [1.807, 2.05) is 30.3 Å². The number of pyridine rings is 3. The van der Waals surface area contributed by atoms with E-state index in [1.54, 1.807) is 32.8 Å². The average Bonchev–Trinajstić information content (AvgIpc) is 3.33. The third-order valence-corrected chi connectivity index (χ3v) is 6.64. The maximum absolute atomic E-state index is 12.8. The van der Waals surface area contributed by atoms with Crippen LogP contribution in [0, 0.1) is 0 Å². The number of hydrogen-bond donors (Lipinski definition) is 3. The first-order chi connectivity index (χ1) is 18.6. The number of ether oxygens (including phenoxy) is 2. The molecule has 38 heavy (non-hydrogen) atoms. The second kappa shape index (κ2) is 11.5. The molecule has 1 aliphatic rings. The Balaban J connectivity index is 1.40. The highest BCUT2D eigenvalue weighted by atomic mass is 16.5. The predicted octanol–water partition coefficient (Wildman–Crippen LogP) is 2.25. The molecule has 0 aromatic carbocycles. The fourth-order valence-corrected chi connectivity index (χ4v) is 4.63. The number of piperazine rings is 1. The number of carbonyl (C=O) groups is 1. The number of carbonyl (C=O) groups excluding carboxylic acids is 1. The third-order valence-electron chi connectivity index (χ3n) is 6.64. The van der Waals surface area contributed by atoms with E-state index >= 15 is 0 Å². The van der Waals surface area contributed by atoms with Crippen molar-refractivity contribution in [3.63, 3.8) is 0 Å². The van der Waals surface area contributed by atoms with E-state index in [0.717, 1.165) is 59.7 Å². The lowest BCUT2D eigenvalue weighted by molar-refractivity contribution is -0.117. The Kier molecular flexibility index (Phi) is 7.78. The predicted molar refractivity (Wildman–Crippen MR) is 144 cm³/mol. The van der Waals surface area contributed by atoms with Gasteiger partial charge in [0.25, 0.3) is 0 Å². The van der Waals surface area contributed by atoms with Gasteiger partial charge < -0.3 is 24.9 Å². The number of hydrogen-bond acceptors (Lipinski definition) is 9. The lowest BCUT2D eigenvalue weighted by Crippen LogP contribution is -2.49. The molecule has 0 atom stereocenters. The highest BCUT2D eigenvalue weighted by molar-refractivity contribution is 6.01. The molecule has 1 aliphatic heterocycles. The first kappa shape index (κ1) is 25.6. The molecule has 11 nitrogen and oxygen atoms in total. The molecule has 5 rings (SSSR count). The number of aliphatic hydroxyl groups excluding tert-OH is 1. The van der Waals surface area contributed by atoms with Crippen molar-refractivity contribution in [1.82, 2.24) is 29.7 Å². The molecule has 0 unspecified atom stereocenters. The van der Waals surface area contributed by atoms with Crippen molar-refractivity contribution in [1.29, 1.82) is 0 Å². The number of fused-ring (bicyclic) bond motifs is 1. The van der Waals surface area contributed by atoms with Crippen molar-refractivity contribution in [3.8, 4) is 34.0 Å². The molecule has 4 aromatic rings. The quantitative estimate of drug-likeness (QED) is 0.306. The van der Waals surface area contributed by atoms with Crippen LogP contribution in [-0.4, -0.2) is 101 Å². The van der Waals surface area contributed by atoms with E-state index in [9.17, 15) is 4.79 Å². The van der Waals surface area contributed by atoms with Gasteiger partial charge >= 0.3 is 0 Å². The highest BCUT2D eigenvalue weighted by Gasteiger charge is 2.21. The number of aromatic nitrogens is 4. The van der Waals surface area contributed by atoms with Gasteiger partial charge in [0.1, 0.15) is 17.3 Å². The van der Waals surface area contributed by atoms with Crippen LogP contribution in [0.15, 0.2) is 48.9 Å². The van der Waals surface area contributed by atoms with Gasteiger partial charge in [0.05, 0.1) is 67.7 Å². The van der Waals surface area contributed by atoms with E-state index in [4.69, 9.17) is 14.6 Å². The molecule has 0 saturated carbocycles. The normalized spacial score (nSPS) is 14.5. The minimum Gasteiger partial charge on any atom is -0.495 e. The number of rotatable bonds is 9. The van der Waals surface area contributed by atoms with Crippen molar-refractivity contribution in [2.75, 3.05) is 65.4 Å². The maximum Gasteiger partial charge on any atom is 0.239 e. The van der Waals surface area contributed by atoms with Gasteiger partial charge in [0.2, 0.25) is 5.91 Å². The van der Waals surface area contributed by atoms with Gasteiger partial charge in [0.15, 0.2) is 0 Å². The SMILES string of the molecule is COc1ccc(-c2c(-c3ccnc(NC(=O)CN4CCN(CCO)CC4)c3)[nH]c3cc(OC)cnc23)nc1. The molecule has 4 aromatic heterocycles. The molecule has 1 fully saturated rings.